The van der Waals surface area contributed by atoms with Crippen LogP contribution in [0.5, 0.6) is 0 Å². The zero-order valence-corrected chi connectivity index (χ0v) is 13.9. The lowest BCUT2D eigenvalue weighted by Gasteiger charge is -2.12. The molecule has 2 N–H and O–H groups in total. The van der Waals surface area contributed by atoms with Gasteiger partial charge in [0, 0.05) is 18.3 Å². The summed E-state index contributed by atoms with van der Waals surface area (Å²) in [5.41, 5.74) is 1.55. The van der Waals surface area contributed by atoms with Gasteiger partial charge in [0.15, 0.2) is 0 Å². The van der Waals surface area contributed by atoms with Crippen LogP contribution < -0.4 is 10.6 Å². The number of halogens is 3. The molecule has 0 atom stereocenters. The highest BCUT2D eigenvalue weighted by Gasteiger charge is 2.09. The standard InChI is InChI=1S/C14H15Cl3N4/c1-3-4-18-14-19-7-8(2)13(21-14)20-12-6-10(16)9(15)5-11(12)17/h5-7H,3-4H2,1-2H3,(H2,18,19,20,21). The van der Waals surface area contributed by atoms with Crippen LogP contribution in [-0.4, -0.2) is 16.5 Å². The first-order valence-electron chi connectivity index (χ1n) is 6.50. The smallest absolute Gasteiger partial charge is 0.224 e. The van der Waals surface area contributed by atoms with E-state index < -0.39 is 0 Å². The molecule has 1 heterocycles. The number of rotatable bonds is 5. The molecule has 1 aromatic heterocycles. The number of aromatic nitrogens is 2. The maximum atomic E-state index is 6.16. The van der Waals surface area contributed by atoms with Crippen molar-refractivity contribution in [3.05, 3.63) is 39.0 Å². The number of hydrogen-bond acceptors (Lipinski definition) is 4. The van der Waals surface area contributed by atoms with Crippen molar-refractivity contribution in [1.29, 1.82) is 0 Å². The highest BCUT2D eigenvalue weighted by atomic mass is 35.5. The molecule has 7 heteroatoms. The fraction of sp³-hybridized carbons (Fsp3) is 0.286. The van der Waals surface area contributed by atoms with Crippen molar-refractivity contribution < 1.29 is 0 Å². The van der Waals surface area contributed by atoms with Gasteiger partial charge in [-0.3, -0.25) is 0 Å². The van der Waals surface area contributed by atoms with E-state index in [-0.39, 0.29) is 0 Å². The molecule has 21 heavy (non-hydrogen) atoms. The van der Waals surface area contributed by atoms with E-state index in [1.807, 2.05) is 6.92 Å². The Morgan fingerprint density at radius 1 is 1.10 bits per heavy atom. The van der Waals surface area contributed by atoms with Crippen molar-refractivity contribution in [1.82, 2.24) is 9.97 Å². The molecule has 2 aromatic rings. The van der Waals surface area contributed by atoms with Crippen molar-refractivity contribution in [2.45, 2.75) is 20.3 Å². The van der Waals surface area contributed by atoms with E-state index in [1.54, 1.807) is 18.3 Å². The molecule has 0 saturated carbocycles. The first kappa shape index (κ1) is 16.1. The third-order valence-electron chi connectivity index (χ3n) is 2.77. The molecule has 4 nitrogen and oxygen atoms in total. The van der Waals surface area contributed by atoms with Crippen LogP contribution in [0.1, 0.15) is 18.9 Å². The van der Waals surface area contributed by atoms with Gasteiger partial charge in [0.25, 0.3) is 0 Å². The minimum atomic E-state index is 0.414. The molecule has 0 unspecified atom stereocenters. The van der Waals surface area contributed by atoms with Crippen molar-refractivity contribution in [3.63, 3.8) is 0 Å². The normalized spacial score (nSPS) is 10.5. The van der Waals surface area contributed by atoms with Crippen molar-refractivity contribution in [2.24, 2.45) is 0 Å². The Bertz CT molecular complexity index is 646. The maximum absolute atomic E-state index is 6.16. The van der Waals surface area contributed by atoms with Gasteiger partial charge in [0.1, 0.15) is 5.82 Å². The predicted octanol–water partition coefficient (Wildman–Crippen LogP) is 5.31. The van der Waals surface area contributed by atoms with E-state index in [9.17, 15) is 0 Å². The average Bonchev–Trinajstić information content (AvgIpc) is 2.45. The molecule has 2 rings (SSSR count). The maximum Gasteiger partial charge on any atom is 0.224 e. The van der Waals surface area contributed by atoms with Gasteiger partial charge >= 0.3 is 0 Å². The molecule has 0 spiro atoms. The van der Waals surface area contributed by atoms with Gasteiger partial charge in [0.05, 0.1) is 20.8 Å². The number of nitrogens with zero attached hydrogens (tertiary/aromatic N) is 2. The van der Waals surface area contributed by atoms with Crippen molar-refractivity contribution in [2.75, 3.05) is 17.2 Å². The Morgan fingerprint density at radius 2 is 1.81 bits per heavy atom. The molecule has 0 saturated heterocycles. The van der Waals surface area contributed by atoms with E-state index in [0.29, 0.717) is 32.5 Å². The summed E-state index contributed by atoms with van der Waals surface area (Å²) >= 11 is 18.1. The zero-order chi connectivity index (χ0) is 15.4. The summed E-state index contributed by atoms with van der Waals surface area (Å²) in [7, 11) is 0. The highest BCUT2D eigenvalue weighted by Crippen LogP contribution is 2.34. The molecule has 0 radical (unpaired) electrons. The average molecular weight is 346 g/mol. The van der Waals surface area contributed by atoms with Crippen LogP contribution in [0.25, 0.3) is 0 Å². The number of anilines is 3. The van der Waals surface area contributed by atoms with Crippen molar-refractivity contribution in [3.8, 4) is 0 Å². The number of hydrogen-bond donors (Lipinski definition) is 2. The van der Waals surface area contributed by atoms with Crippen LogP contribution in [0.15, 0.2) is 18.3 Å². The second-order valence-electron chi connectivity index (χ2n) is 4.52. The topological polar surface area (TPSA) is 49.8 Å². The highest BCUT2D eigenvalue weighted by molar-refractivity contribution is 6.44. The summed E-state index contributed by atoms with van der Waals surface area (Å²) in [6.07, 6.45) is 2.75. The summed E-state index contributed by atoms with van der Waals surface area (Å²) < 4.78 is 0. The zero-order valence-electron chi connectivity index (χ0n) is 11.7. The van der Waals surface area contributed by atoms with Crippen molar-refractivity contribution >= 4 is 52.3 Å². The SMILES string of the molecule is CCCNc1ncc(C)c(Nc2cc(Cl)c(Cl)cc2Cl)n1. The largest absolute Gasteiger partial charge is 0.354 e. The molecule has 112 valence electrons. The molecule has 0 bridgehead atoms. The third kappa shape index (κ3) is 4.13. The fourth-order valence-corrected chi connectivity index (χ4v) is 2.23. The summed E-state index contributed by atoms with van der Waals surface area (Å²) in [5, 5.41) is 7.62. The van der Waals surface area contributed by atoms with E-state index in [1.165, 1.54) is 0 Å². The van der Waals surface area contributed by atoms with Gasteiger partial charge in [-0.25, -0.2) is 4.98 Å². The lowest BCUT2D eigenvalue weighted by atomic mass is 10.3. The molecule has 0 fully saturated rings. The summed E-state index contributed by atoms with van der Waals surface area (Å²) in [5.74, 6) is 1.24. The molecule has 0 aliphatic heterocycles. The Morgan fingerprint density at radius 3 is 2.52 bits per heavy atom. The molecular weight excluding hydrogens is 331 g/mol. The van der Waals surface area contributed by atoms with Gasteiger partial charge in [-0.05, 0) is 25.5 Å². The van der Waals surface area contributed by atoms with Gasteiger partial charge < -0.3 is 10.6 Å². The van der Waals surface area contributed by atoms with Gasteiger partial charge in [0.2, 0.25) is 5.95 Å². The Hall–Kier alpha value is -1.23. The number of benzene rings is 1. The monoisotopic (exact) mass is 344 g/mol. The Labute approximate surface area is 138 Å². The first-order valence-corrected chi connectivity index (χ1v) is 7.63. The summed E-state index contributed by atoms with van der Waals surface area (Å²) in [4.78, 5) is 8.66. The lowest BCUT2D eigenvalue weighted by molar-refractivity contribution is 0.950. The summed E-state index contributed by atoms with van der Waals surface area (Å²) in [6, 6.07) is 3.27. The first-order chi connectivity index (χ1) is 10.0. The van der Waals surface area contributed by atoms with Crippen LogP contribution in [-0.2, 0) is 0 Å². The molecular formula is C14H15Cl3N4. The molecule has 0 aliphatic rings. The van der Waals surface area contributed by atoms with E-state index in [0.717, 1.165) is 18.5 Å². The number of aryl methyl sites for hydroxylation is 1. The number of nitrogens with one attached hydrogen (secondary N) is 2. The Kier molecular flexibility index (Phi) is 5.51. The van der Waals surface area contributed by atoms with Crippen LogP contribution in [0, 0.1) is 6.92 Å². The quantitative estimate of drug-likeness (QED) is 0.721. The second kappa shape index (κ2) is 7.16. The van der Waals surface area contributed by atoms with Gasteiger partial charge in [-0.15, -0.1) is 0 Å². The minimum Gasteiger partial charge on any atom is -0.354 e. The molecule has 1 aromatic carbocycles. The van der Waals surface area contributed by atoms with E-state index in [2.05, 4.69) is 27.5 Å². The van der Waals surface area contributed by atoms with E-state index in [4.69, 9.17) is 34.8 Å². The molecule has 0 aliphatic carbocycles. The second-order valence-corrected chi connectivity index (χ2v) is 5.74. The molecule has 0 amide bonds. The van der Waals surface area contributed by atoms with Gasteiger partial charge in [-0.2, -0.15) is 4.98 Å². The fourth-order valence-electron chi connectivity index (χ4n) is 1.64. The van der Waals surface area contributed by atoms with Crippen LogP contribution in [0.2, 0.25) is 15.1 Å². The Balaban J connectivity index is 2.28. The minimum absolute atomic E-state index is 0.414. The summed E-state index contributed by atoms with van der Waals surface area (Å²) in [6.45, 7) is 4.81. The van der Waals surface area contributed by atoms with Crippen LogP contribution in [0.4, 0.5) is 17.5 Å². The van der Waals surface area contributed by atoms with Crippen LogP contribution in [0.3, 0.4) is 0 Å². The lowest BCUT2D eigenvalue weighted by Crippen LogP contribution is -2.07. The third-order valence-corrected chi connectivity index (χ3v) is 3.80. The predicted molar refractivity (Wildman–Crippen MR) is 90.3 cm³/mol. The van der Waals surface area contributed by atoms with Crippen LogP contribution >= 0.6 is 34.8 Å². The van der Waals surface area contributed by atoms with Gasteiger partial charge in [-0.1, -0.05) is 41.7 Å². The van der Waals surface area contributed by atoms with E-state index >= 15 is 0 Å².